The topological polar surface area (TPSA) is 26.0 Å². The molecule has 0 aliphatic rings. The summed E-state index contributed by atoms with van der Waals surface area (Å²) in [4.78, 5) is 0. The van der Waals surface area contributed by atoms with Crippen molar-refractivity contribution in [1.82, 2.24) is 0 Å². The number of hydrogen-bond donors (Lipinski definition) is 1. The third-order valence-corrected chi connectivity index (χ3v) is 4.38. The Balaban J connectivity index is 2.89. The molecule has 0 heterocycles. The molecule has 0 bridgehead atoms. The van der Waals surface area contributed by atoms with Crippen molar-refractivity contribution < 1.29 is 0 Å². The summed E-state index contributed by atoms with van der Waals surface area (Å²) in [6.45, 7) is 8.92. The molecule has 120 valence electrons. The summed E-state index contributed by atoms with van der Waals surface area (Å²) in [7, 11) is 0. The van der Waals surface area contributed by atoms with E-state index in [1.54, 1.807) is 0 Å². The number of hydrogen-bond acceptors (Lipinski definition) is 1. The van der Waals surface area contributed by atoms with E-state index in [0.717, 1.165) is 12.3 Å². The quantitative estimate of drug-likeness (QED) is 0.534. The molecular weight excluding hydrogens is 254 g/mol. The van der Waals surface area contributed by atoms with E-state index in [4.69, 9.17) is 5.73 Å². The van der Waals surface area contributed by atoms with Gasteiger partial charge in [0.15, 0.2) is 0 Å². The first-order chi connectivity index (χ1) is 9.98. The summed E-state index contributed by atoms with van der Waals surface area (Å²) in [5.41, 5.74) is 7.74. The fraction of sp³-hybridized carbons (Fsp3) is 0.700. The normalized spacial score (nSPS) is 14.9. The van der Waals surface area contributed by atoms with E-state index in [0.29, 0.717) is 5.92 Å². The highest BCUT2D eigenvalue weighted by molar-refractivity contribution is 5.21. The predicted octanol–water partition coefficient (Wildman–Crippen LogP) is 5.89. The Morgan fingerprint density at radius 1 is 0.952 bits per heavy atom. The highest BCUT2D eigenvalue weighted by Crippen LogP contribution is 2.37. The number of unbranched alkanes of at least 4 members (excludes halogenated alkanes) is 2. The Hall–Kier alpha value is -0.820. The minimum Gasteiger partial charge on any atom is -0.326 e. The van der Waals surface area contributed by atoms with Crippen LogP contribution in [0.15, 0.2) is 30.3 Å². The molecule has 0 aliphatic carbocycles. The molecular formula is C20H35N. The monoisotopic (exact) mass is 289 g/mol. The second-order valence-electron chi connectivity index (χ2n) is 7.25. The van der Waals surface area contributed by atoms with Crippen LogP contribution in [0.3, 0.4) is 0 Å². The molecule has 1 aromatic carbocycles. The SMILES string of the molecule is CCCCCC(CCC)C(CC(C)(C)N)c1ccccc1. The third-order valence-electron chi connectivity index (χ3n) is 4.38. The van der Waals surface area contributed by atoms with Gasteiger partial charge in [-0.25, -0.2) is 0 Å². The van der Waals surface area contributed by atoms with Crippen LogP contribution in [0.25, 0.3) is 0 Å². The standard InChI is InChI=1S/C20H35N/c1-5-7-9-13-17(12-6-2)19(16-20(3,4)21)18-14-10-8-11-15-18/h8,10-11,14-15,17,19H,5-7,9,12-13,16,21H2,1-4H3. The van der Waals surface area contributed by atoms with Crippen molar-refractivity contribution in [3.8, 4) is 0 Å². The van der Waals surface area contributed by atoms with Gasteiger partial charge < -0.3 is 5.73 Å². The first-order valence-electron chi connectivity index (χ1n) is 8.81. The molecule has 0 aromatic heterocycles. The molecule has 2 unspecified atom stereocenters. The lowest BCUT2D eigenvalue weighted by Gasteiger charge is -2.33. The summed E-state index contributed by atoms with van der Waals surface area (Å²) in [5.74, 6) is 1.37. The Kier molecular flexibility index (Phi) is 8.03. The number of rotatable bonds is 10. The molecule has 1 heteroatoms. The molecule has 21 heavy (non-hydrogen) atoms. The Morgan fingerprint density at radius 3 is 2.14 bits per heavy atom. The van der Waals surface area contributed by atoms with Crippen LogP contribution in [-0.2, 0) is 0 Å². The minimum atomic E-state index is -0.0999. The summed E-state index contributed by atoms with van der Waals surface area (Å²) in [6, 6.07) is 11.0. The summed E-state index contributed by atoms with van der Waals surface area (Å²) in [6.07, 6.45) is 9.02. The minimum absolute atomic E-state index is 0.0999. The van der Waals surface area contributed by atoms with E-state index < -0.39 is 0 Å². The molecule has 0 aliphatic heterocycles. The van der Waals surface area contributed by atoms with Gasteiger partial charge in [0.2, 0.25) is 0 Å². The fourth-order valence-electron chi connectivity index (χ4n) is 3.40. The van der Waals surface area contributed by atoms with Gasteiger partial charge in [0.25, 0.3) is 0 Å². The van der Waals surface area contributed by atoms with Crippen LogP contribution in [-0.4, -0.2) is 5.54 Å². The average Bonchev–Trinajstić information content (AvgIpc) is 2.44. The molecule has 1 nitrogen and oxygen atoms in total. The maximum absolute atomic E-state index is 6.36. The number of nitrogens with two attached hydrogens (primary N) is 1. The van der Waals surface area contributed by atoms with Crippen molar-refractivity contribution in [2.45, 2.75) is 84.1 Å². The van der Waals surface area contributed by atoms with Crippen LogP contribution < -0.4 is 5.73 Å². The smallest absolute Gasteiger partial charge is 0.0103 e. The van der Waals surface area contributed by atoms with E-state index in [-0.39, 0.29) is 5.54 Å². The van der Waals surface area contributed by atoms with E-state index in [2.05, 4.69) is 58.0 Å². The zero-order valence-electron chi connectivity index (χ0n) is 14.6. The van der Waals surface area contributed by atoms with Crippen molar-refractivity contribution in [2.24, 2.45) is 11.7 Å². The predicted molar refractivity (Wildman–Crippen MR) is 94.6 cm³/mol. The molecule has 2 atom stereocenters. The van der Waals surface area contributed by atoms with Crippen LogP contribution in [0.4, 0.5) is 0 Å². The van der Waals surface area contributed by atoms with Gasteiger partial charge in [0.1, 0.15) is 0 Å². The second kappa shape index (κ2) is 9.25. The zero-order valence-corrected chi connectivity index (χ0v) is 14.6. The van der Waals surface area contributed by atoms with Crippen molar-refractivity contribution >= 4 is 0 Å². The van der Waals surface area contributed by atoms with Crippen molar-refractivity contribution in [2.75, 3.05) is 0 Å². The first kappa shape index (κ1) is 18.2. The third kappa shape index (κ3) is 7.13. The maximum Gasteiger partial charge on any atom is 0.0103 e. The molecule has 0 saturated heterocycles. The molecule has 0 radical (unpaired) electrons. The first-order valence-corrected chi connectivity index (χ1v) is 8.81. The highest BCUT2D eigenvalue weighted by Gasteiger charge is 2.27. The van der Waals surface area contributed by atoms with E-state index in [1.807, 2.05) is 0 Å². The maximum atomic E-state index is 6.36. The van der Waals surface area contributed by atoms with Crippen LogP contribution in [0.5, 0.6) is 0 Å². The van der Waals surface area contributed by atoms with E-state index in [1.165, 1.54) is 44.1 Å². The van der Waals surface area contributed by atoms with Gasteiger partial charge in [-0.2, -0.15) is 0 Å². The van der Waals surface area contributed by atoms with Crippen LogP contribution >= 0.6 is 0 Å². The van der Waals surface area contributed by atoms with Crippen molar-refractivity contribution in [3.63, 3.8) is 0 Å². The zero-order chi connectivity index (χ0) is 15.7. The molecule has 2 N–H and O–H groups in total. The van der Waals surface area contributed by atoms with Gasteiger partial charge in [-0.05, 0) is 44.1 Å². The van der Waals surface area contributed by atoms with E-state index >= 15 is 0 Å². The van der Waals surface area contributed by atoms with Crippen molar-refractivity contribution in [1.29, 1.82) is 0 Å². The molecule has 0 spiro atoms. The Labute approximate surface area is 132 Å². The Morgan fingerprint density at radius 2 is 1.62 bits per heavy atom. The molecule has 1 aromatic rings. The van der Waals surface area contributed by atoms with Crippen LogP contribution in [0.2, 0.25) is 0 Å². The van der Waals surface area contributed by atoms with Gasteiger partial charge in [-0.1, -0.05) is 76.3 Å². The van der Waals surface area contributed by atoms with Crippen LogP contribution in [0, 0.1) is 5.92 Å². The summed E-state index contributed by atoms with van der Waals surface area (Å²) in [5, 5.41) is 0. The number of benzene rings is 1. The average molecular weight is 290 g/mol. The van der Waals surface area contributed by atoms with Gasteiger partial charge >= 0.3 is 0 Å². The van der Waals surface area contributed by atoms with Gasteiger partial charge in [0, 0.05) is 5.54 Å². The van der Waals surface area contributed by atoms with Gasteiger partial charge in [-0.3, -0.25) is 0 Å². The van der Waals surface area contributed by atoms with E-state index in [9.17, 15) is 0 Å². The molecule has 1 rings (SSSR count). The lowest BCUT2D eigenvalue weighted by Crippen LogP contribution is -2.35. The van der Waals surface area contributed by atoms with Crippen LogP contribution in [0.1, 0.15) is 84.1 Å². The fourth-order valence-corrected chi connectivity index (χ4v) is 3.40. The summed E-state index contributed by atoms with van der Waals surface area (Å²) >= 11 is 0. The molecule has 0 saturated carbocycles. The second-order valence-corrected chi connectivity index (χ2v) is 7.25. The lowest BCUT2D eigenvalue weighted by molar-refractivity contribution is 0.295. The lowest BCUT2D eigenvalue weighted by atomic mass is 9.74. The van der Waals surface area contributed by atoms with Gasteiger partial charge in [0.05, 0.1) is 0 Å². The highest BCUT2D eigenvalue weighted by atomic mass is 14.7. The molecule has 0 fully saturated rings. The summed E-state index contributed by atoms with van der Waals surface area (Å²) < 4.78 is 0. The van der Waals surface area contributed by atoms with Gasteiger partial charge in [-0.15, -0.1) is 0 Å². The molecule has 0 amide bonds. The van der Waals surface area contributed by atoms with Crippen molar-refractivity contribution in [3.05, 3.63) is 35.9 Å². The largest absolute Gasteiger partial charge is 0.326 e. The Bertz CT molecular complexity index is 363.